The van der Waals surface area contributed by atoms with Crippen molar-refractivity contribution in [3.05, 3.63) is 30.0 Å². The largest absolute Gasteiger partial charge is 0.505 e. The maximum Gasteiger partial charge on any atom is 0.362 e. The molecule has 78 valence electrons. The Morgan fingerprint density at radius 3 is 2.67 bits per heavy atom. The fourth-order valence-electron chi connectivity index (χ4n) is 1.49. The zero-order valence-corrected chi connectivity index (χ0v) is 7.97. The summed E-state index contributed by atoms with van der Waals surface area (Å²) in [5.41, 5.74) is 0.0918. The van der Waals surface area contributed by atoms with Crippen molar-refractivity contribution >= 4 is 16.9 Å². The molecule has 2 aromatic rings. The Morgan fingerprint density at radius 2 is 2.07 bits per heavy atom. The van der Waals surface area contributed by atoms with E-state index in [1.165, 1.54) is 7.11 Å². The summed E-state index contributed by atoms with van der Waals surface area (Å²) >= 11 is 0. The Bertz CT molecular complexity index is 490. The number of hydrogen-bond acceptors (Lipinski definition) is 4. The van der Waals surface area contributed by atoms with E-state index in [9.17, 15) is 15.1 Å². The Kier molecular flexibility index (Phi) is 2.00. The average Bonchev–Trinajstić information content (AvgIpc) is 2.52. The van der Waals surface area contributed by atoms with E-state index >= 15 is 0 Å². The minimum Gasteiger partial charge on any atom is -0.505 e. The summed E-state index contributed by atoms with van der Waals surface area (Å²) < 4.78 is 5.07. The van der Waals surface area contributed by atoms with Crippen LogP contribution in [0.4, 0.5) is 0 Å². The van der Waals surface area contributed by atoms with Gasteiger partial charge in [0, 0.05) is 5.39 Å². The Morgan fingerprint density at radius 1 is 1.40 bits per heavy atom. The normalized spacial score (nSPS) is 10.5. The molecule has 0 bridgehead atoms. The van der Waals surface area contributed by atoms with Crippen LogP contribution < -0.4 is 0 Å². The number of hydrogen-bond donors (Lipinski definition) is 2. The highest BCUT2D eigenvalue weighted by Gasteiger charge is 2.22. The van der Waals surface area contributed by atoms with Gasteiger partial charge in [-0.2, -0.15) is 4.73 Å². The van der Waals surface area contributed by atoms with Crippen molar-refractivity contribution in [2.75, 3.05) is 7.11 Å². The lowest BCUT2D eigenvalue weighted by Gasteiger charge is -1.99. The molecule has 0 aliphatic rings. The molecule has 2 rings (SSSR count). The van der Waals surface area contributed by atoms with Gasteiger partial charge in [0.25, 0.3) is 0 Å². The van der Waals surface area contributed by atoms with E-state index in [4.69, 9.17) is 0 Å². The van der Waals surface area contributed by atoms with Crippen LogP contribution in [0.5, 0.6) is 5.75 Å². The Hall–Kier alpha value is -2.17. The molecule has 0 saturated carbocycles. The monoisotopic (exact) mass is 207 g/mol. The standard InChI is InChI=1S/C10H9NO4/c1-15-10(13)8-9(12)6-4-2-3-5-7(6)11(8)14/h2-5,12,14H,1H3. The number of benzene rings is 1. The number of aromatic nitrogens is 1. The van der Waals surface area contributed by atoms with E-state index in [1.807, 2.05) is 0 Å². The molecule has 0 atom stereocenters. The third-order valence-corrected chi connectivity index (χ3v) is 2.20. The van der Waals surface area contributed by atoms with Crippen molar-refractivity contribution in [3.63, 3.8) is 0 Å². The maximum absolute atomic E-state index is 11.3. The fraction of sp³-hybridized carbons (Fsp3) is 0.100. The van der Waals surface area contributed by atoms with E-state index in [1.54, 1.807) is 24.3 Å². The maximum atomic E-state index is 11.3. The average molecular weight is 207 g/mol. The smallest absolute Gasteiger partial charge is 0.362 e. The minimum absolute atomic E-state index is 0.265. The number of esters is 1. The first kappa shape index (κ1) is 9.39. The van der Waals surface area contributed by atoms with Crippen molar-refractivity contribution in [2.45, 2.75) is 0 Å². The second kappa shape index (κ2) is 3.20. The van der Waals surface area contributed by atoms with Gasteiger partial charge in [-0.1, -0.05) is 12.1 Å². The van der Waals surface area contributed by atoms with Gasteiger partial charge in [-0.15, -0.1) is 0 Å². The quantitative estimate of drug-likeness (QED) is 0.547. The van der Waals surface area contributed by atoms with E-state index < -0.39 is 5.97 Å². The first-order valence-electron chi connectivity index (χ1n) is 4.26. The highest BCUT2D eigenvalue weighted by atomic mass is 16.5. The number of rotatable bonds is 1. The second-order valence-electron chi connectivity index (χ2n) is 3.02. The molecule has 0 saturated heterocycles. The number of para-hydroxylation sites is 1. The van der Waals surface area contributed by atoms with E-state index in [0.717, 1.165) is 0 Å². The van der Waals surface area contributed by atoms with Crippen LogP contribution in [0.3, 0.4) is 0 Å². The molecular formula is C10H9NO4. The second-order valence-corrected chi connectivity index (χ2v) is 3.02. The lowest BCUT2D eigenvalue weighted by Crippen LogP contribution is -2.08. The molecule has 1 aromatic carbocycles. The van der Waals surface area contributed by atoms with Crippen LogP contribution in [-0.2, 0) is 4.74 Å². The van der Waals surface area contributed by atoms with Crippen LogP contribution in [0, 0.1) is 0 Å². The van der Waals surface area contributed by atoms with Crippen LogP contribution in [-0.4, -0.2) is 28.1 Å². The number of aromatic hydroxyl groups is 1. The number of fused-ring (bicyclic) bond motifs is 1. The van der Waals surface area contributed by atoms with Crippen molar-refractivity contribution in [3.8, 4) is 5.75 Å². The van der Waals surface area contributed by atoms with Gasteiger partial charge in [-0.05, 0) is 12.1 Å². The van der Waals surface area contributed by atoms with Crippen LogP contribution >= 0.6 is 0 Å². The molecule has 0 fully saturated rings. The van der Waals surface area contributed by atoms with E-state index in [2.05, 4.69) is 4.74 Å². The summed E-state index contributed by atoms with van der Waals surface area (Å²) in [6.45, 7) is 0. The van der Waals surface area contributed by atoms with Crippen LogP contribution in [0.2, 0.25) is 0 Å². The van der Waals surface area contributed by atoms with Gasteiger partial charge in [0.2, 0.25) is 5.69 Å². The number of carbonyl (C=O) groups is 1. The van der Waals surface area contributed by atoms with Crippen LogP contribution in [0.15, 0.2) is 24.3 Å². The predicted octanol–water partition coefficient (Wildman–Crippen LogP) is 1.37. The van der Waals surface area contributed by atoms with Gasteiger partial charge >= 0.3 is 5.97 Å². The van der Waals surface area contributed by atoms with Crippen molar-refractivity contribution in [2.24, 2.45) is 0 Å². The van der Waals surface area contributed by atoms with Crippen molar-refractivity contribution in [1.82, 2.24) is 4.73 Å². The minimum atomic E-state index is -0.786. The molecular weight excluding hydrogens is 198 g/mol. The van der Waals surface area contributed by atoms with E-state index in [-0.39, 0.29) is 11.4 Å². The molecule has 0 unspecified atom stereocenters. The molecule has 15 heavy (non-hydrogen) atoms. The van der Waals surface area contributed by atoms with Crippen LogP contribution in [0.1, 0.15) is 10.5 Å². The van der Waals surface area contributed by atoms with Gasteiger partial charge in [0.05, 0.1) is 12.6 Å². The van der Waals surface area contributed by atoms with Gasteiger partial charge in [0.1, 0.15) is 0 Å². The summed E-state index contributed by atoms with van der Waals surface area (Å²) in [7, 11) is 1.18. The van der Waals surface area contributed by atoms with Crippen molar-refractivity contribution < 1.29 is 19.8 Å². The highest BCUT2D eigenvalue weighted by Crippen LogP contribution is 2.31. The molecule has 5 nitrogen and oxygen atoms in total. The summed E-state index contributed by atoms with van der Waals surface area (Å²) in [5.74, 6) is -1.06. The van der Waals surface area contributed by atoms with Gasteiger partial charge in [-0.3, -0.25) is 0 Å². The lowest BCUT2D eigenvalue weighted by molar-refractivity contribution is 0.0549. The third-order valence-electron chi connectivity index (χ3n) is 2.20. The van der Waals surface area contributed by atoms with Crippen molar-refractivity contribution in [1.29, 1.82) is 0 Å². The number of carbonyl (C=O) groups excluding carboxylic acids is 1. The lowest BCUT2D eigenvalue weighted by atomic mass is 10.2. The zero-order chi connectivity index (χ0) is 11.0. The predicted molar refractivity (Wildman–Crippen MR) is 52.1 cm³/mol. The van der Waals surface area contributed by atoms with Gasteiger partial charge < -0.3 is 15.1 Å². The fourth-order valence-corrected chi connectivity index (χ4v) is 1.49. The molecule has 1 aromatic heterocycles. The summed E-state index contributed by atoms with van der Waals surface area (Å²) in [5, 5.41) is 19.7. The first-order chi connectivity index (χ1) is 7.16. The third kappa shape index (κ3) is 1.20. The SMILES string of the molecule is COC(=O)c1c(O)c2ccccc2n1O. The van der Waals surface area contributed by atoms with Gasteiger partial charge in [-0.25, -0.2) is 4.79 Å². The zero-order valence-electron chi connectivity index (χ0n) is 7.97. The number of ether oxygens (including phenoxy) is 1. The molecule has 0 radical (unpaired) electrons. The van der Waals surface area contributed by atoms with Gasteiger partial charge in [0.15, 0.2) is 5.75 Å². The Balaban J connectivity index is 2.81. The molecule has 0 aliphatic carbocycles. The highest BCUT2D eigenvalue weighted by molar-refractivity contribution is 6.01. The Labute approximate surface area is 85.1 Å². The van der Waals surface area contributed by atoms with Crippen LogP contribution in [0.25, 0.3) is 10.9 Å². The van der Waals surface area contributed by atoms with E-state index in [0.29, 0.717) is 15.6 Å². The first-order valence-corrected chi connectivity index (χ1v) is 4.26. The summed E-state index contributed by atoms with van der Waals surface area (Å²) in [6.07, 6.45) is 0. The molecule has 5 heteroatoms. The molecule has 0 amide bonds. The molecule has 1 heterocycles. The molecule has 2 N–H and O–H groups in total. The molecule has 0 aliphatic heterocycles. The topological polar surface area (TPSA) is 71.7 Å². The number of nitrogens with zero attached hydrogens (tertiary/aromatic N) is 1. The molecule has 0 spiro atoms. The number of methoxy groups -OCH3 is 1. The summed E-state index contributed by atoms with van der Waals surface area (Å²) in [6, 6.07) is 6.57. The summed E-state index contributed by atoms with van der Waals surface area (Å²) in [4.78, 5) is 11.3.